The minimum absolute atomic E-state index is 0.291. The second kappa shape index (κ2) is 12.4. The monoisotopic (exact) mass is 334 g/mol. The van der Waals surface area contributed by atoms with Gasteiger partial charge in [-0.1, -0.05) is 26.7 Å². The molecular weight excluding hydrogens is 304 g/mol. The van der Waals surface area contributed by atoms with E-state index in [2.05, 4.69) is 11.8 Å². The topological polar surface area (TPSA) is 52.6 Å². The lowest BCUT2D eigenvalue weighted by atomic mass is 10.2. The maximum absolute atomic E-state index is 11.8. The van der Waals surface area contributed by atoms with Crippen molar-refractivity contribution in [3.8, 4) is 11.8 Å². The summed E-state index contributed by atoms with van der Waals surface area (Å²) >= 11 is 0. The first-order valence-corrected chi connectivity index (χ1v) is 8.60. The molecule has 0 atom stereocenters. The molecule has 0 spiro atoms. The Bertz CT molecular complexity index is 500. The molecule has 0 aromatic rings. The van der Waals surface area contributed by atoms with Gasteiger partial charge >= 0.3 is 11.9 Å². The third kappa shape index (κ3) is 9.89. The van der Waals surface area contributed by atoms with Gasteiger partial charge in [-0.15, -0.1) is 0 Å². The van der Waals surface area contributed by atoms with Gasteiger partial charge in [0.25, 0.3) is 0 Å². The van der Waals surface area contributed by atoms with Gasteiger partial charge in [-0.25, -0.2) is 0 Å². The zero-order valence-electron chi connectivity index (χ0n) is 15.9. The van der Waals surface area contributed by atoms with Crippen molar-refractivity contribution in [2.45, 2.75) is 80.1 Å². The van der Waals surface area contributed by atoms with E-state index < -0.39 is 0 Å². The van der Waals surface area contributed by atoms with E-state index in [0.717, 1.165) is 36.8 Å². The van der Waals surface area contributed by atoms with Crippen LogP contribution in [0.5, 0.6) is 0 Å². The highest BCUT2D eigenvalue weighted by Gasteiger charge is 2.09. The summed E-state index contributed by atoms with van der Waals surface area (Å²) in [7, 11) is 0. The van der Waals surface area contributed by atoms with Gasteiger partial charge in [0.15, 0.2) is 11.5 Å². The van der Waals surface area contributed by atoms with Crippen molar-refractivity contribution < 1.29 is 19.1 Å². The second-order valence-electron chi connectivity index (χ2n) is 6.06. The van der Waals surface area contributed by atoms with Crippen molar-refractivity contribution >= 4 is 11.9 Å². The number of rotatable bonds is 8. The van der Waals surface area contributed by atoms with Crippen molar-refractivity contribution in [1.82, 2.24) is 0 Å². The molecule has 0 bridgehead atoms. The molecule has 0 rings (SSSR count). The van der Waals surface area contributed by atoms with Crippen molar-refractivity contribution in [1.29, 1.82) is 0 Å². The Labute approximate surface area is 146 Å². The van der Waals surface area contributed by atoms with E-state index in [9.17, 15) is 9.59 Å². The van der Waals surface area contributed by atoms with Crippen LogP contribution < -0.4 is 0 Å². The second-order valence-corrected chi connectivity index (χ2v) is 6.06. The normalized spacial score (nSPS) is 9.42. The Morgan fingerprint density at radius 1 is 0.708 bits per heavy atom. The SMILES string of the molecule is CCCCC(=O)OC(C#CC(OC(=O)CCCC)=C(C)C)=C(C)C. The average Bonchev–Trinajstić information content (AvgIpc) is 2.52. The maximum atomic E-state index is 11.8. The van der Waals surface area contributed by atoms with Crippen LogP contribution in [0.4, 0.5) is 0 Å². The minimum Gasteiger partial charge on any atom is -0.417 e. The first-order chi connectivity index (χ1) is 11.3. The number of carbonyl (C=O) groups excluding carboxylic acids is 2. The molecule has 134 valence electrons. The van der Waals surface area contributed by atoms with Crippen LogP contribution in [-0.2, 0) is 19.1 Å². The van der Waals surface area contributed by atoms with Gasteiger partial charge in [0.2, 0.25) is 0 Å². The lowest BCUT2D eigenvalue weighted by Crippen LogP contribution is -2.06. The molecule has 0 aliphatic carbocycles. The van der Waals surface area contributed by atoms with E-state index in [4.69, 9.17) is 9.47 Å². The summed E-state index contributed by atoms with van der Waals surface area (Å²) in [6.45, 7) is 11.3. The molecule has 0 aromatic carbocycles. The average molecular weight is 334 g/mol. The summed E-state index contributed by atoms with van der Waals surface area (Å²) in [5.41, 5.74) is 1.61. The van der Waals surface area contributed by atoms with E-state index >= 15 is 0 Å². The summed E-state index contributed by atoms with van der Waals surface area (Å²) in [6.07, 6.45) is 4.18. The smallest absolute Gasteiger partial charge is 0.311 e. The van der Waals surface area contributed by atoms with Crippen LogP contribution in [0, 0.1) is 11.8 Å². The third-order valence-electron chi connectivity index (χ3n) is 3.10. The molecule has 0 saturated carbocycles. The first-order valence-electron chi connectivity index (χ1n) is 8.60. The summed E-state index contributed by atoms with van der Waals surface area (Å²) in [5.74, 6) is 5.70. The Morgan fingerprint density at radius 2 is 1.04 bits per heavy atom. The van der Waals surface area contributed by atoms with Crippen molar-refractivity contribution in [2.75, 3.05) is 0 Å². The van der Waals surface area contributed by atoms with Crippen molar-refractivity contribution in [2.24, 2.45) is 0 Å². The highest BCUT2D eigenvalue weighted by Crippen LogP contribution is 2.11. The number of hydrogen-bond donors (Lipinski definition) is 0. The lowest BCUT2D eigenvalue weighted by molar-refractivity contribution is -0.140. The number of unbranched alkanes of at least 4 members (excludes halogenated alkanes) is 2. The van der Waals surface area contributed by atoms with E-state index in [-0.39, 0.29) is 11.9 Å². The molecule has 0 amide bonds. The molecule has 4 nitrogen and oxygen atoms in total. The zero-order chi connectivity index (χ0) is 18.5. The highest BCUT2D eigenvalue weighted by atomic mass is 16.5. The molecule has 0 radical (unpaired) electrons. The minimum atomic E-state index is -0.291. The number of esters is 2. The van der Waals surface area contributed by atoms with Crippen LogP contribution in [0.2, 0.25) is 0 Å². The van der Waals surface area contributed by atoms with Gasteiger partial charge in [-0.05, 0) is 63.5 Å². The van der Waals surface area contributed by atoms with Gasteiger partial charge in [-0.2, -0.15) is 0 Å². The third-order valence-corrected chi connectivity index (χ3v) is 3.10. The maximum Gasteiger partial charge on any atom is 0.311 e. The summed E-state index contributed by atoms with van der Waals surface area (Å²) in [4.78, 5) is 23.5. The molecule has 0 fully saturated rings. The van der Waals surface area contributed by atoms with Crippen molar-refractivity contribution in [3.63, 3.8) is 0 Å². The largest absolute Gasteiger partial charge is 0.417 e. The summed E-state index contributed by atoms with van der Waals surface area (Å²) < 4.78 is 10.6. The van der Waals surface area contributed by atoms with Gasteiger partial charge in [0.05, 0.1) is 0 Å². The van der Waals surface area contributed by atoms with Crippen LogP contribution >= 0.6 is 0 Å². The Morgan fingerprint density at radius 3 is 1.29 bits per heavy atom. The molecule has 0 aromatic heterocycles. The Kier molecular flexibility index (Phi) is 11.4. The molecule has 0 aliphatic rings. The summed E-state index contributed by atoms with van der Waals surface area (Å²) in [6, 6.07) is 0. The molecule has 0 N–H and O–H groups in total. The van der Waals surface area contributed by atoms with Gasteiger partial charge in [0.1, 0.15) is 0 Å². The van der Waals surface area contributed by atoms with Crippen LogP contribution in [0.15, 0.2) is 22.7 Å². The number of allylic oxidation sites excluding steroid dienone is 4. The molecule has 4 heteroatoms. The molecular formula is C20H30O4. The Balaban J connectivity index is 5.07. The molecule has 0 aliphatic heterocycles. The Hall–Kier alpha value is -2.02. The van der Waals surface area contributed by atoms with E-state index in [1.54, 1.807) is 0 Å². The number of carbonyl (C=O) groups is 2. The fraction of sp³-hybridized carbons (Fsp3) is 0.600. The lowest BCUT2D eigenvalue weighted by Gasteiger charge is -2.06. The predicted octanol–water partition coefficient (Wildman–Crippen LogP) is 5.04. The van der Waals surface area contributed by atoms with Crippen LogP contribution in [0.1, 0.15) is 80.1 Å². The molecule has 0 heterocycles. The fourth-order valence-corrected chi connectivity index (χ4v) is 1.59. The zero-order valence-corrected chi connectivity index (χ0v) is 15.9. The van der Waals surface area contributed by atoms with Gasteiger partial charge < -0.3 is 9.47 Å². The van der Waals surface area contributed by atoms with Crippen molar-refractivity contribution in [3.05, 3.63) is 22.7 Å². The van der Waals surface area contributed by atoms with Crippen LogP contribution in [0.25, 0.3) is 0 Å². The molecule has 24 heavy (non-hydrogen) atoms. The highest BCUT2D eigenvalue weighted by molar-refractivity contribution is 5.72. The number of ether oxygens (including phenoxy) is 2. The summed E-state index contributed by atoms with van der Waals surface area (Å²) in [5, 5.41) is 0. The van der Waals surface area contributed by atoms with Gasteiger partial charge in [0, 0.05) is 12.8 Å². The first kappa shape index (κ1) is 22.0. The number of hydrogen-bond acceptors (Lipinski definition) is 4. The molecule has 0 saturated heterocycles. The predicted molar refractivity (Wildman–Crippen MR) is 95.8 cm³/mol. The van der Waals surface area contributed by atoms with Crippen LogP contribution in [-0.4, -0.2) is 11.9 Å². The fourth-order valence-electron chi connectivity index (χ4n) is 1.59. The molecule has 0 unspecified atom stereocenters. The van der Waals surface area contributed by atoms with E-state index in [1.165, 1.54) is 0 Å². The van der Waals surface area contributed by atoms with Crippen LogP contribution in [0.3, 0.4) is 0 Å². The van der Waals surface area contributed by atoms with E-state index in [1.807, 2.05) is 41.5 Å². The van der Waals surface area contributed by atoms with E-state index in [0.29, 0.717) is 24.4 Å². The van der Waals surface area contributed by atoms with Gasteiger partial charge in [-0.3, -0.25) is 9.59 Å². The quantitative estimate of drug-likeness (QED) is 0.354. The standard InChI is InChI=1S/C20H30O4/c1-7-9-11-19(21)23-17(15(3)4)13-14-18(16(5)6)24-20(22)12-10-8-2/h7-12H2,1-6H3.